The highest BCUT2D eigenvalue weighted by atomic mass is 79.9. The third kappa shape index (κ3) is 6.76. The van der Waals surface area contributed by atoms with Crippen molar-refractivity contribution in [3.63, 3.8) is 0 Å². The van der Waals surface area contributed by atoms with Gasteiger partial charge in [-0.2, -0.15) is 18.4 Å². The number of anilines is 1. The molecule has 0 bridgehead atoms. The average Bonchev–Trinajstić information content (AvgIpc) is 2.73. The van der Waals surface area contributed by atoms with Crippen molar-refractivity contribution in [3.8, 4) is 17.6 Å². The van der Waals surface area contributed by atoms with E-state index in [1.165, 1.54) is 18.2 Å². The molecule has 0 saturated heterocycles. The molecule has 1 atom stereocenters. The van der Waals surface area contributed by atoms with Crippen molar-refractivity contribution in [1.82, 2.24) is 0 Å². The molecule has 0 aliphatic carbocycles. The SMILES string of the molecule is CCOc1cc(/C=C(/C#N)C(=O)Nc2cccc(C(F)(F)F)c2)cc(Br)c1O[C@H](C)CC. The van der Waals surface area contributed by atoms with Crippen LogP contribution in [0.15, 0.2) is 46.4 Å². The van der Waals surface area contributed by atoms with Gasteiger partial charge in [0.2, 0.25) is 0 Å². The van der Waals surface area contributed by atoms with Crippen molar-refractivity contribution in [2.75, 3.05) is 11.9 Å². The van der Waals surface area contributed by atoms with Crippen LogP contribution in [0.5, 0.6) is 11.5 Å². The fourth-order valence-corrected chi connectivity index (χ4v) is 3.17. The van der Waals surface area contributed by atoms with Crippen LogP contribution in [-0.2, 0) is 11.0 Å². The van der Waals surface area contributed by atoms with Gasteiger partial charge >= 0.3 is 6.18 Å². The highest BCUT2D eigenvalue weighted by Crippen LogP contribution is 2.38. The van der Waals surface area contributed by atoms with Gasteiger partial charge in [0.15, 0.2) is 11.5 Å². The number of ether oxygens (including phenoxy) is 2. The highest BCUT2D eigenvalue weighted by Gasteiger charge is 2.30. The molecule has 0 aliphatic rings. The zero-order chi connectivity index (χ0) is 23.9. The zero-order valence-electron chi connectivity index (χ0n) is 17.7. The lowest BCUT2D eigenvalue weighted by atomic mass is 10.1. The minimum atomic E-state index is -4.55. The second-order valence-electron chi connectivity index (χ2n) is 6.80. The number of carbonyl (C=O) groups is 1. The first-order valence-corrected chi connectivity index (χ1v) is 10.6. The number of carbonyl (C=O) groups excluding carboxylic acids is 1. The molecule has 9 heteroatoms. The smallest absolute Gasteiger partial charge is 0.416 e. The summed E-state index contributed by atoms with van der Waals surface area (Å²) in [4.78, 5) is 12.5. The third-order valence-corrected chi connectivity index (χ3v) is 4.94. The molecule has 32 heavy (non-hydrogen) atoms. The minimum Gasteiger partial charge on any atom is -0.490 e. The number of alkyl halides is 3. The molecule has 5 nitrogen and oxygen atoms in total. The number of hydrogen-bond donors (Lipinski definition) is 1. The zero-order valence-corrected chi connectivity index (χ0v) is 19.3. The Kier molecular flexibility index (Phi) is 8.72. The number of benzene rings is 2. The van der Waals surface area contributed by atoms with Gasteiger partial charge in [-0.05, 0) is 78.2 Å². The van der Waals surface area contributed by atoms with Crippen LogP contribution >= 0.6 is 15.9 Å². The van der Waals surface area contributed by atoms with Crippen LogP contribution in [0.3, 0.4) is 0 Å². The summed E-state index contributed by atoms with van der Waals surface area (Å²) in [5.74, 6) is 0.107. The maximum Gasteiger partial charge on any atom is 0.416 e. The Morgan fingerprint density at radius 2 is 2.00 bits per heavy atom. The van der Waals surface area contributed by atoms with E-state index in [0.29, 0.717) is 28.1 Å². The summed E-state index contributed by atoms with van der Waals surface area (Å²) in [7, 11) is 0. The van der Waals surface area contributed by atoms with Crippen LogP contribution in [-0.4, -0.2) is 18.6 Å². The van der Waals surface area contributed by atoms with E-state index in [0.717, 1.165) is 18.6 Å². The standard InChI is InChI=1S/C23H22BrF3N2O3/c1-4-14(3)32-21-19(24)10-15(11-20(21)31-5-2)9-16(13-28)22(30)29-18-8-6-7-17(12-18)23(25,26)27/h6-12,14H,4-5H2,1-3H3,(H,29,30)/b16-9-/t14-/m1/s1. The predicted octanol–water partition coefficient (Wildman–Crippen LogP) is 6.59. The molecule has 1 N–H and O–H groups in total. The van der Waals surface area contributed by atoms with Crippen LogP contribution in [0.25, 0.3) is 6.08 Å². The van der Waals surface area contributed by atoms with Gasteiger partial charge in [-0.25, -0.2) is 0 Å². The van der Waals surface area contributed by atoms with E-state index < -0.39 is 17.6 Å². The average molecular weight is 511 g/mol. The number of nitriles is 1. The van der Waals surface area contributed by atoms with Crippen molar-refractivity contribution < 1.29 is 27.4 Å². The van der Waals surface area contributed by atoms with E-state index in [2.05, 4.69) is 21.2 Å². The molecule has 0 fully saturated rings. The Hall–Kier alpha value is -2.99. The molecule has 0 aromatic heterocycles. The van der Waals surface area contributed by atoms with Gasteiger partial charge in [-0.3, -0.25) is 4.79 Å². The first-order valence-electron chi connectivity index (χ1n) is 9.82. The molecule has 0 heterocycles. The predicted molar refractivity (Wildman–Crippen MR) is 119 cm³/mol. The lowest BCUT2D eigenvalue weighted by Crippen LogP contribution is -2.14. The number of hydrogen-bond acceptors (Lipinski definition) is 4. The van der Waals surface area contributed by atoms with Gasteiger partial charge in [-0.1, -0.05) is 13.0 Å². The van der Waals surface area contributed by atoms with Crippen LogP contribution in [0, 0.1) is 11.3 Å². The lowest BCUT2D eigenvalue weighted by Gasteiger charge is -2.18. The van der Waals surface area contributed by atoms with Crippen LogP contribution in [0.2, 0.25) is 0 Å². The number of nitrogens with one attached hydrogen (secondary N) is 1. The quantitative estimate of drug-likeness (QED) is 0.321. The number of nitrogens with zero attached hydrogens (tertiary/aromatic N) is 1. The minimum absolute atomic E-state index is 0.0557. The van der Waals surface area contributed by atoms with Crippen LogP contribution in [0.1, 0.15) is 38.3 Å². The molecule has 2 rings (SSSR count). The van der Waals surface area contributed by atoms with Crippen LogP contribution < -0.4 is 14.8 Å². The summed E-state index contributed by atoms with van der Waals surface area (Å²) in [6, 6.07) is 9.26. The Morgan fingerprint density at radius 3 is 2.59 bits per heavy atom. The van der Waals surface area contributed by atoms with E-state index in [4.69, 9.17) is 9.47 Å². The first kappa shape index (κ1) is 25.3. The van der Waals surface area contributed by atoms with Crippen molar-refractivity contribution in [3.05, 3.63) is 57.6 Å². The second-order valence-corrected chi connectivity index (χ2v) is 7.66. The summed E-state index contributed by atoms with van der Waals surface area (Å²) in [5, 5.41) is 11.8. The summed E-state index contributed by atoms with van der Waals surface area (Å²) < 4.78 is 50.8. The molecular weight excluding hydrogens is 489 g/mol. The summed E-state index contributed by atoms with van der Waals surface area (Å²) in [6.07, 6.45) is -2.49. The molecular formula is C23H22BrF3N2O3. The molecule has 170 valence electrons. The highest BCUT2D eigenvalue weighted by molar-refractivity contribution is 9.10. The Balaban J connectivity index is 2.34. The van der Waals surface area contributed by atoms with E-state index in [1.807, 2.05) is 20.8 Å². The summed E-state index contributed by atoms with van der Waals surface area (Å²) in [6.45, 7) is 6.09. The Morgan fingerprint density at radius 1 is 1.28 bits per heavy atom. The normalized spacial score (nSPS) is 12.6. The molecule has 0 unspecified atom stereocenters. The Labute approximate surface area is 193 Å². The molecule has 0 spiro atoms. The van der Waals surface area contributed by atoms with Gasteiger partial charge in [0, 0.05) is 5.69 Å². The van der Waals surface area contributed by atoms with E-state index in [-0.39, 0.29) is 17.4 Å². The van der Waals surface area contributed by atoms with Crippen molar-refractivity contribution in [2.45, 2.75) is 39.5 Å². The topological polar surface area (TPSA) is 71.3 Å². The van der Waals surface area contributed by atoms with E-state index >= 15 is 0 Å². The van der Waals surface area contributed by atoms with Gasteiger partial charge in [0.05, 0.1) is 22.7 Å². The summed E-state index contributed by atoms with van der Waals surface area (Å²) >= 11 is 3.43. The third-order valence-electron chi connectivity index (χ3n) is 4.35. The van der Waals surface area contributed by atoms with Crippen LogP contribution in [0.4, 0.5) is 18.9 Å². The largest absolute Gasteiger partial charge is 0.490 e. The van der Waals surface area contributed by atoms with Crippen molar-refractivity contribution in [1.29, 1.82) is 5.26 Å². The summed E-state index contributed by atoms with van der Waals surface area (Å²) in [5.41, 5.74) is -0.778. The van der Waals surface area contributed by atoms with Crippen molar-refractivity contribution in [2.24, 2.45) is 0 Å². The van der Waals surface area contributed by atoms with E-state index in [1.54, 1.807) is 18.2 Å². The second kappa shape index (κ2) is 11.0. The van der Waals surface area contributed by atoms with Gasteiger partial charge in [-0.15, -0.1) is 0 Å². The number of halogens is 4. The fourth-order valence-electron chi connectivity index (χ4n) is 2.62. The monoisotopic (exact) mass is 510 g/mol. The molecule has 2 aromatic rings. The number of rotatable bonds is 8. The van der Waals surface area contributed by atoms with Gasteiger partial charge in [0.1, 0.15) is 11.6 Å². The fraction of sp³-hybridized carbons (Fsp3) is 0.304. The van der Waals surface area contributed by atoms with Gasteiger partial charge in [0.25, 0.3) is 5.91 Å². The molecule has 2 aromatic carbocycles. The molecule has 0 saturated carbocycles. The Bertz CT molecular complexity index is 1050. The number of amides is 1. The lowest BCUT2D eigenvalue weighted by molar-refractivity contribution is -0.137. The molecule has 0 radical (unpaired) electrons. The molecule has 0 aliphatic heterocycles. The first-order chi connectivity index (χ1) is 15.1. The van der Waals surface area contributed by atoms with E-state index in [9.17, 15) is 23.2 Å². The van der Waals surface area contributed by atoms with Crippen molar-refractivity contribution >= 4 is 33.6 Å². The maximum atomic E-state index is 12.9. The van der Waals surface area contributed by atoms with Gasteiger partial charge < -0.3 is 14.8 Å². The maximum absolute atomic E-state index is 12.9. The molecule has 1 amide bonds.